The van der Waals surface area contributed by atoms with Crippen LogP contribution in [0.25, 0.3) is 10.4 Å². The molecule has 0 heterocycles. The molecular weight excluding hydrogens is 150 g/mol. The summed E-state index contributed by atoms with van der Waals surface area (Å²) in [7, 11) is 1.16. The number of hydrogen-bond acceptors (Lipinski definition) is 4. The Morgan fingerprint density at radius 1 is 1.82 bits per heavy atom. The lowest BCUT2D eigenvalue weighted by Gasteiger charge is -2.10. The SMILES string of the molecule is COC(=O)[C@@H](N=[N+]=[N-])[C@@H](C)O. The van der Waals surface area contributed by atoms with Gasteiger partial charge in [0.1, 0.15) is 0 Å². The summed E-state index contributed by atoms with van der Waals surface area (Å²) in [5.74, 6) is -0.738. The van der Waals surface area contributed by atoms with Crippen LogP contribution >= 0.6 is 0 Å². The normalized spacial score (nSPS) is 14.5. The van der Waals surface area contributed by atoms with Crippen molar-refractivity contribution in [3.05, 3.63) is 10.4 Å². The predicted octanol–water partition coefficient (Wildman–Crippen LogP) is 0.219. The number of azide groups is 1. The number of carbonyl (C=O) groups excluding carboxylic acids is 1. The van der Waals surface area contributed by atoms with Crippen molar-refractivity contribution >= 4 is 5.97 Å². The summed E-state index contributed by atoms with van der Waals surface area (Å²) >= 11 is 0. The fourth-order valence-electron chi connectivity index (χ4n) is 0.517. The highest BCUT2D eigenvalue weighted by Crippen LogP contribution is 2.00. The second-order valence-electron chi connectivity index (χ2n) is 1.91. The highest BCUT2D eigenvalue weighted by molar-refractivity contribution is 5.76. The molecule has 0 fully saturated rings. The van der Waals surface area contributed by atoms with E-state index in [4.69, 9.17) is 10.6 Å². The fraction of sp³-hybridized carbons (Fsp3) is 0.800. The first-order valence-corrected chi connectivity index (χ1v) is 2.93. The smallest absolute Gasteiger partial charge is 0.317 e. The van der Waals surface area contributed by atoms with Crippen LogP contribution in [0, 0.1) is 0 Å². The molecule has 0 aliphatic rings. The van der Waals surface area contributed by atoms with E-state index in [0.29, 0.717) is 0 Å². The van der Waals surface area contributed by atoms with E-state index in [1.165, 1.54) is 6.92 Å². The summed E-state index contributed by atoms with van der Waals surface area (Å²) in [5.41, 5.74) is 7.97. The summed E-state index contributed by atoms with van der Waals surface area (Å²) in [5, 5.41) is 11.9. The standard InChI is InChI=1S/C5H9N3O3/c1-3(9)4(7-8-6)5(10)11-2/h3-4,9H,1-2H3/t3-,4+/m1/s1. The van der Waals surface area contributed by atoms with Gasteiger partial charge in [0.25, 0.3) is 0 Å². The molecular formula is C5H9N3O3. The van der Waals surface area contributed by atoms with E-state index in [9.17, 15) is 4.79 Å². The van der Waals surface area contributed by atoms with Crippen LogP contribution in [0.4, 0.5) is 0 Å². The minimum atomic E-state index is -1.15. The van der Waals surface area contributed by atoms with E-state index in [2.05, 4.69) is 14.8 Å². The van der Waals surface area contributed by atoms with Crippen LogP contribution in [0.2, 0.25) is 0 Å². The number of rotatable bonds is 3. The molecule has 0 aliphatic heterocycles. The Bertz CT molecular complexity index is 185. The molecule has 2 atom stereocenters. The molecule has 0 aromatic carbocycles. The molecule has 6 nitrogen and oxygen atoms in total. The molecule has 0 bridgehead atoms. The maximum absolute atomic E-state index is 10.7. The topological polar surface area (TPSA) is 95.3 Å². The molecule has 62 valence electrons. The van der Waals surface area contributed by atoms with Gasteiger partial charge in [0.05, 0.1) is 13.2 Å². The van der Waals surface area contributed by atoms with Gasteiger partial charge in [-0.25, -0.2) is 0 Å². The van der Waals surface area contributed by atoms with Crippen LogP contribution in [0.15, 0.2) is 5.11 Å². The van der Waals surface area contributed by atoms with Crippen molar-refractivity contribution in [3.63, 3.8) is 0 Å². The first-order valence-electron chi connectivity index (χ1n) is 2.93. The highest BCUT2D eigenvalue weighted by Gasteiger charge is 2.22. The Morgan fingerprint density at radius 3 is 2.64 bits per heavy atom. The van der Waals surface area contributed by atoms with Gasteiger partial charge in [-0.3, -0.25) is 4.79 Å². The average molecular weight is 159 g/mol. The van der Waals surface area contributed by atoms with Crippen molar-refractivity contribution in [2.24, 2.45) is 5.11 Å². The molecule has 0 aliphatic carbocycles. The van der Waals surface area contributed by atoms with Gasteiger partial charge >= 0.3 is 5.97 Å². The van der Waals surface area contributed by atoms with Gasteiger partial charge in [-0.1, -0.05) is 5.11 Å². The Balaban J connectivity index is 4.33. The Kier molecular flexibility index (Phi) is 4.02. The number of aliphatic hydroxyl groups is 1. The monoisotopic (exact) mass is 159 g/mol. The molecule has 1 N–H and O–H groups in total. The molecule has 0 aromatic heterocycles. The minimum absolute atomic E-state index is 0.738. The quantitative estimate of drug-likeness (QED) is 0.276. The number of carbonyl (C=O) groups is 1. The molecule has 0 saturated carbocycles. The van der Waals surface area contributed by atoms with Crippen molar-refractivity contribution in [2.45, 2.75) is 19.1 Å². The zero-order chi connectivity index (χ0) is 8.85. The summed E-state index contributed by atoms with van der Waals surface area (Å²) in [6.07, 6.45) is -1.03. The third-order valence-corrected chi connectivity index (χ3v) is 1.08. The molecule has 0 rings (SSSR count). The van der Waals surface area contributed by atoms with Gasteiger partial charge in [0.2, 0.25) is 0 Å². The number of methoxy groups -OCH3 is 1. The van der Waals surface area contributed by atoms with E-state index in [0.717, 1.165) is 7.11 Å². The lowest BCUT2D eigenvalue weighted by atomic mass is 10.2. The van der Waals surface area contributed by atoms with Gasteiger partial charge in [-0.05, 0) is 12.5 Å². The maximum Gasteiger partial charge on any atom is 0.317 e. The Morgan fingerprint density at radius 2 is 2.36 bits per heavy atom. The Hall–Kier alpha value is -1.26. The molecule has 0 aromatic rings. The number of aliphatic hydroxyl groups excluding tert-OH is 1. The predicted molar refractivity (Wildman–Crippen MR) is 36.6 cm³/mol. The number of hydrogen-bond donors (Lipinski definition) is 1. The van der Waals surface area contributed by atoms with Crippen LogP contribution in [-0.2, 0) is 9.53 Å². The van der Waals surface area contributed by atoms with Crippen molar-refractivity contribution in [2.75, 3.05) is 7.11 Å². The third-order valence-electron chi connectivity index (χ3n) is 1.08. The highest BCUT2D eigenvalue weighted by atomic mass is 16.5. The van der Waals surface area contributed by atoms with E-state index < -0.39 is 18.1 Å². The molecule has 0 radical (unpaired) electrons. The van der Waals surface area contributed by atoms with Crippen LogP contribution in [-0.4, -0.2) is 30.3 Å². The number of esters is 1. The maximum atomic E-state index is 10.7. The summed E-state index contributed by atoms with van der Waals surface area (Å²) in [6.45, 7) is 1.34. The zero-order valence-corrected chi connectivity index (χ0v) is 6.26. The first kappa shape index (κ1) is 9.74. The van der Waals surface area contributed by atoms with Gasteiger partial charge in [0.15, 0.2) is 6.04 Å². The lowest BCUT2D eigenvalue weighted by molar-refractivity contribution is -0.144. The van der Waals surface area contributed by atoms with Crippen molar-refractivity contribution in [3.8, 4) is 0 Å². The number of nitrogens with zero attached hydrogens (tertiary/aromatic N) is 3. The Labute approximate surface area is 63.4 Å². The van der Waals surface area contributed by atoms with Crippen molar-refractivity contribution in [1.82, 2.24) is 0 Å². The van der Waals surface area contributed by atoms with Crippen LogP contribution in [0.5, 0.6) is 0 Å². The van der Waals surface area contributed by atoms with Crippen LogP contribution < -0.4 is 0 Å². The summed E-state index contributed by atoms with van der Waals surface area (Å²) in [6, 6.07) is -1.15. The average Bonchev–Trinajstić information content (AvgIpc) is 1.98. The van der Waals surface area contributed by atoms with Crippen LogP contribution in [0.1, 0.15) is 6.92 Å². The molecule has 0 amide bonds. The fourth-order valence-corrected chi connectivity index (χ4v) is 0.517. The van der Waals surface area contributed by atoms with E-state index >= 15 is 0 Å². The largest absolute Gasteiger partial charge is 0.469 e. The first-order chi connectivity index (χ1) is 5.13. The third kappa shape index (κ3) is 2.88. The van der Waals surface area contributed by atoms with Gasteiger partial charge < -0.3 is 9.84 Å². The van der Waals surface area contributed by atoms with Gasteiger partial charge in [0, 0.05) is 4.91 Å². The van der Waals surface area contributed by atoms with Gasteiger partial charge in [-0.2, -0.15) is 0 Å². The molecule has 0 unspecified atom stereocenters. The summed E-state index contributed by atoms with van der Waals surface area (Å²) < 4.78 is 4.26. The van der Waals surface area contributed by atoms with Crippen molar-refractivity contribution < 1.29 is 14.6 Å². The zero-order valence-electron chi connectivity index (χ0n) is 6.26. The van der Waals surface area contributed by atoms with E-state index in [1.807, 2.05) is 0 Å². The van der Waals surface area contributed by atoms with Gasteiger partial charge in [-0.15, -0.1) is 0 Å². The van der Waals surface area contributed by atoms with E-state index in [-0.39, 0.29) is 0 Å². The molecule has 11 heavy (non-hydrogen) atoms. The lowest BCUT2D eigenvalue weighted by Crippen LogP contribution is -2.30. The number of ether oxygens (including phenoxy) is 1. The summed E-state index contributed by atoms with van der Waals surface area (Å²) in [4.78, 5) is 13.1. The molecule has 0 spiro atoms. The second kappa shape index (κ2) is 4.54. The van der Waals surface area contributed by atoms with Crippen molar-refractivity contribution in [1.29, 1.82) is 0 Å². The molecule has 0 saturated heterocycles. The molecule has 6 heteroatoms. The minimum Gasteiger partial charge on any atom is -0.469 e. The van der Waals surface area contributed by atoms with E-state index in [1.54, 1.807) is 0 Å². The second-order valence-corrected chi connectivity index (χ2v) is 1.91. The van der Waals surface area contributed by atoms with Crippen LogP contribution in [0.3, 0.4) is 0 Å².